The van der Waals surface area contributed by atoms with Crippen LogP contribution >= 0.6 is 0 Å². The molecule has 1 N–H and O–H groups in total. The molecule has 0 unspecified atom stereocenters. The first-order valence-electron chi connectivity index (χ1n) is 6.18. The van der Waals surface area contributed by atoms with Crippen LogP contribution in [0.1, 0.15) is 21.7 Å². The lowest BCUT2D eigenvalue weighted by Gasteiger charge is -2.15. The number of aliphatic hydroxyl groups excluding tert-OH is 1. The maximum Gasteiger partial charge on any atom is 0.254 e. The Labute approximate surface area is 117 Å². The van der Waals surface area contributed by atoms with Gasteiger partial charge in [-0.15, -0.1) is 0 Å². The van der Waals surface area contributed by atoms with Crippen molar-refractivity contribution >= 4 is 5.91 Å². The summed E-state index contributed by atoms with van der Waals surface area (Å²) in [5, 5.41) is 8.62. The highest BCUT2D eigenvalue weighted by molar-refractivity contribution is 5.94. The molecule has 0 fully saturated rings. The van der Waals surface area contributed by atoms with E-state index < -0.39 is 0 Å². The third kappa shape index (κ3) is 3.50. The summed E-state index contributed by atoms with van der Waals surface area (Å²) in [4.78, 5) is 13.8. The number of carbonyl (C=O) groups excluding carboxylic acids is 1. The molecule has 2 aromatic rings. The van der Waals surface area contributed by atoms with Crippen LogP contribution in [0.5, 0.6) is 0 Å². The monoisotopic (exact) mass is 269 g/mol. The van der Waals surface area contributed by atoms with Gasteiger partial charge in [-0.1, -0.05) is 11.8 Å². The van der Waals surface area contributed by atoms with Gasteiger partial charge in [-0.2, -0.15) is 0 Å². The number of carbonyl (C=O) groups is 1. The minimum atomic E-state index is -0.174. The Morgan fingerprint density at radius 1 is 1.30 bits per heavy atom. The minimum absolute atomic E-state index is 0.0805. The second kappa shape index (κ2) is 6.60. The molecule has 0 radical (unpaired) electrons. The molecule has 0 saturated heterocycles. The van der Waals surface area contributed by atoms with Crippen molar-refractivity contribution < 1.29 is 14.3 Å². The van der Waals surface area contributed by atoms with E-state index in [1.54, 1.807) is 48.5 Å². The van der Waals surface area contributed by atoms with Crippen molar-refractivity contribution in [3.8, 4) is 11.8 Å². The first kappa shape index (κ1) is 13.9. The zero-order valence-electron chi connectivity index (χ0n) is 11.2. The summed E-state index contributed by atoms with van der Waals surface area (Å²) < 4.78 is 5.22. The lowest BCUT2D eigenvalue weighted by atomic mass is 10.1. The van der Waals surface area contributed by atoms with Crippen LogP contribution in [-0.2, 0) is 6.54 Å². The summed E-state index contributed by atoms with van der Waals surface area (Å²) >= 11 is 0. The summed E-state index contributed by atoms with van der Waals surface area (Å²) in [7, 11) is 1.73. The van der Waals surface area contributed by atoms with Crippen molar-refractivity contribution in [1.29, 1.82) is 0 Å². The fourth-order valence-electron chi connectivity index (χ4n) is 1.77. The van der Waals surface area contributed by atoms with Gasteiger partial charge in [-0.3, -0.25) is 4.79 Å². The molecule has 0 aliphatic carbocycles. The van der Waals surface area contributed by atoms with E-state index in [9.17, 15) is 4.79 Å². The summed E-state index contributed by atoms with van der Waals surface area (Å²) in [5.41, 5.74) is 1.36. The van der Waals surface area contributed by atoms with Gasteiger partial charge in [0.15, 0.2) is 0 Å². The Balaban J connectivity index is 2.05. The minimum Gasteiger partial charge on any atom is -0.467 e. The van der Waals surface area contributed by atoms with Crippen LogP contribution in [0, 0.1) is 11.8 Å². The van der Waals surface area contributed by atoms with E-state index in [0.717, 1.165) is 11.3 Å². The van der Waals surface area contributed by atoms with Crippen LogP contribution in [0.25, 0.3) is 0 Å². The molecule has 1 amide bonds. The molecule has 0 saturated carbocycles. The molecule has 0 atom stereocenters. The predicted molar refractivity (Wildman–Crippen MR) is 74.9 cm³/mol. The Morgan fingerprint density at radius 3 is 2.65 bits per heavy atom. The number of hydrogen-bond acceptors (Lipinski definition) is 3. The normalized spacial score (nSPS) is 9.70. The molecule has 4 heteroatoms. The maximum absolute atomic E-state index is 12.2. The molecular weight excluding hydrogens is 254 g/mol. The van der Waals surface area contributed by atoms with Gasteiger partial charge in [0.25, 0.3) is 5.91 Å². The number of aliphatic hydroxyl groups is 1. The van der Waals surface area contributed by atoms with Crippen molar-refractivity contribution in [3.63, 3.8) is 0 Å². The van der Waals surface area contributed by atoms with Gasteiger partial charge in [-0.25, -0.2) is 0 Å². The molecule has 0 bridgehead atoms. The molecule has 2 rings (SSSR count). The van der Waals surface area contributed by atoms with E-state index in [4.69, 9.17) is 9.52 Å². The van der Waals surface area contributed by atoms with Gasteiger partial charge in [0.1, 0.15) is 12.4 Å². The number of furan rings is 1. The fraction of sp³-hybridized carbons (Fsp3) is 0.188. The topological polar surface area (TPSA) is 53.7 Å². The van der Waals surface area contributed by atoms with Crippen molar-refractivity contribution in [2.75, 3.05) is 13.7 Å². The first-order valence-corrected chi connectivity index (χ1v) is 6.18. The highest BCUT2D eigenvalue weighted by Crippen LogP contribution is 2.10. The first-order chi connectivity index (χ1) is 9.70. The van der Waals surface area contributed by atoms with Gasteiger partial charge in [0, 0.05) is 18.2 Å². The van der Waals surface area contributed by atoms with Crippen LogP contribution in [0.2, 0.25) is 0 Å². The van der Waals surface area contributed by atoms with E-state index >= 15 is 0 Å². The van der Waals surface area contributed by atoms with Gasteiger partial charge in [-0.05, 0) is 36.4 Å². The Hall–Kier alpha value is -2.51. The van der Waals surface area contributed by atoms with Crippen molar-refractivity contribution in [2.45, 2.75) is 6.54 Å². The largest absolute Gasteiger partial charge is 0.467 e. The molecule has 1 aromatic carbocycles. The van der Waals surface area contributed by atoms with E-state index in [2.05, 4.69) is 11.8 Å². The number of rotatable bonds is 3. The lowest BCUT2D eigenvalue weighted by molar-refractivity contribution is 0.0775. The van der Waals surface area contributed by atoms with Crippen LogP contribution in [0.3, 0.4) is 0 Å². The molecule has 1 heterocycles. The molecule has 102 valence electrons. The van der Waals surface area contributed by atoms with Crippen molar-refractivity contribution in [3.05, 3.63) is 59.5 Å². The third-order valence-electron chi connectivity index (χ3n) is 2.76. The van der Waals surface area contributed by atoms with E-state index in [1.807, 2.05) is 6.07 Å². The highest BCUT2D eigenvalue weighted by Gasteiger charge is 2.12. The SMILES string of the molecule is CN(Cc1ccco1)C(=O)c1ccc(C#CCO)cc1. The van der Waals surface area contributed by atoms with Crippen LogP contribution in [0.4, 0.5) is 0 Å². The average molecular weight is 269 g/mol. The van der Waals surface area contributed by atoms with E-state index in [-0.39, 0.29) is 12.5 Å². The number of benzene rings is 1. The fourth-order valence-corrected chi connectivity index (χ4v) is 1.77. The number of amides is 1. The van der Waals surface area contributed by atoms with E-state index in [1.165, 1.54) is 0 Å². The maximum atomic E-state index is 12.2. The van der Waals surface area contributed by atoms with Gasteiger partial charge in [0.05, 0.1) is 12.8 Å². The molecule has 0 aliphatic heterocycles. The molecule has 20 heavy (non-hydrogen) atoms. The van der Waals surface area contributed by atoms with Crippen LogP contribution in [0.15, 0.2) is 47.1 Å². The van der Waals surface area contributed by atoms with Crippen LogP contribution in [-0.4, -0.2) is 29.6 Å². The smallest absolute Gasteiger partial charge is 0.254 e. The van der Waals surface area contributed by atoms with Crippen molar-refractivity contribution in [1.82, 2.24) is 4.90 Å². The quantitative estimate of drug-likeness (QED) is 0.866. The molecular formula is C16H15NO3. The van der Waals surface area contributed by atoms with Gasteiger partial charge >= 0.3 is 0 Å². The zero-order valence-corrected chi connectivity index (χ0v) is 11.2. The third-order valence-corrected chi connectivity index (χ3v) is 2.76. The Bertz CT molecular complexity index is 618. The summed E-state index contributed by atoms with van der Waals surface area (Å²) in [6.07, 6.45) is 1.59. The average Bonchev–Trinajstić information content (AvgIpc) is 2.97. The highest BCUT2D eigenvalue weighted by atomic mass is 16.3. The van der Waals surface area contributed by atoms with Gasteiger partial charge < -0.3 is 14.4 Å². The lowest BCUT2D eigenvalue weighted by Crippen LogP contribution is -2.25. The summed E-state index contributed by atoms with van der Waals surface area (Å²) in [5.74, 6) is 6.01. The van der Waals surface area contributed by atoms with Crippen LogP contribution < -0.4 is 0 Å². The summed E-state index contributed by atoms with van der Waals surface area (Å²) in [6.45, 7) is 0.254. The predicted octanol–water partition coefficient (Wildman–Crippen LogP) is 1.90. The van der Waals surface area contributed by atoms with Gasteiger partial charge in [0.2, 0.25) is 0 Å². The van der Waals surface area contributed by atoms with E-state index in [0.29, 0.717) is 12.1 Å². The number of nitrogens with zero attached hydrogens (tertiary/aromatic N) is 1. The molecule has 0 spiro atoms. The molecule has 0 aliphatic rings. The zero-order chi connectivity index (χ0) is 14.4. The standard InChI is InChI=1S/C16H15NO3/c1-17(12-15-5-3-11-20-15)16(19)14-8-6-13(7-9-14)4-2-10-18/h3,5-9,11,18H,10,12H2,1H3. The second-order valence-electron chi connectivity index (χ2n) is 4.28. The summed E-state index contributed by atoms with van der Waals surface area (Å²) in [6, 6.07) is 10.6. The molecule has 4 nitrogen and oxygen atoms in total. The molecule has 1 aromatic heterocycles. The number of hydrogen-bond donors (Lipinski definition) is 1. The second-order valence-corrected chi connectivity index (χ2v) is 4.28. The Morgan fingerprint density at radius 2 is 2.05 bits per heavy atom. The van der Waals surface area contributed by atoms with Crippen molar-refractivity contribution in [2.24, 2.45) is 0 Å². The Kier molecular flexibility index (Phi) is 4.59.